The van der Waals surface area contributed by atoms with Crippen molar-refractivity contribution in [3.05, 3.63) is 58.5 Å². The average Bonchev–Trinajstić information content (AvgIpc) is 3.20. The highest BCUT2D eigenvalue weighted by atomic mass is 35.5. The summed E-state index contributed by atoms with van der Waals surface area (Å²) in [6.07, 6.45) is 3.14. The van der Waals surface area contributed by atoms with Crippen molar-refractivity contribution in [3.8, 4) is 0 Å². The van der Waals surface area contributed by atoms with Crippen LogP contribution in [0.15, 0.2) is 41.0 Å². The van der Waals surface area contributed by atoms with Gasteiger partial charge in [-0.2, -0.15) is 0 Å². The summed E-state index contributed by atoms with van der Waals surface area (Å²) in [5.74, 6) is 0.478. The van der Waals surface area contributed by atoms with Gasteiger partial charge in [0.1, 0.15) is 11.9 Å². The first kappa shape index (κ1) is 16.1. The number of carbonyl (C=O) groups is 1. The number of amides is 1. The molecule has 0 radical (unpaired) electrons. The fourth-order valence-electron chi connectivity index (χ4n) is 3.17. The molecule has 1 saturated heterocycles. The molecule has 4 nitrogen and oxygen atoms in total. The molecular weight excluding hydrogens is 314 g/mol. The van der Waals surface area contributed by atoms with Crippen LogP contribution in [0.2, 0.25) is 5.02 Å². The zero-order chi connectivity index (χ0) is 16.4. The average molecular weight is 334 g/mol. The fraction of sp³-hybridized carbons (Fsp3) is 0.389. The summed E-state index contributed by atoms with van der Waals surface area (Å²) < 4.78 is 5.25. The zero-order valence-electron chi connectivity index (χ0n) is 13.0. The molecule has 2 atom stereocenters. The molecule has 0 spiro atoms. The Morgan fingerprint density at radius 2 is 2.26 bits per heavy atom. The highest BCUT2D eigenvalue weighted by Gasteiger charge is 2.32. The summed E-state index contributed by atoms with van der Waals surface area (Å²) in [4.78, 5) is 14.7. The first-order valence-electron chi connectivity index (χ1n) is 7.85. The van der Waals surface area contributed by atoms with Crippen LogP contribution >= 0.6 is 11.6 Å². The summed E-state index contributed by atoms with van der Waals surface area (Å²) in [5, 5.41) is 10.8. The van der Waals surface area contributed by atoms with E-state index in [1.54, 1.807) is 24.5 Å². The quantitative estimate of drug-likeness (QED) is 0.921. The first-order valence-corrected chi connectivity index (χ1v) is 8.23. The number of furan rings is 1. The smallest absolute Gasteiger partial charge is 0.255 e. The van der Waals surface area contributed by atoms with Gasteiger partial charge in [0.25, 0.3) is 5.91 Å². The van der Waals surface area contributed by atoms with Crippen LogP contribution in [0.5, 0.6) is 0 Å². The number of carbonyl (C=O) groups excluding carboxylic acids is 1. The van der Waals surface area contributed by atoms with Crippen LogP contribution in [0.4, 0.5) is 0 Å². The summed E-state index contributed by atoms with van der Waals surface area (Å²) in [7, 11) is 0. The molecule has 0 bridgehead atoms. The van der Waals surface area contributed by atoms with Gasteiger partial charge in [0.15, 0.2) is 0 Å². The second-order valence-corrected chi connectivity index (χ2v) is 6.38. The first-order chi connectivity index (χ1) is 11.1. The normalized spacial score (nSPS) is 19.1. The third-order valence-electron chi connectivity index (χ3n) is 4.43. The second kappa shape index (κ2) is 6.77. The topological polar surface area (TPSA) is 53.7 Å². The molecule has 3 rings (SSSR count). The number of aliphatic hydroxyl groups is 1. The van der Waals surface area contributed by atoms with Gasteiger partial charge in [-0.15, -0.1) is 0 Å². The third-order valence-corrected chi connectivity index (χ3v) is 4.93. The third kappa shape index (κ3) is 3.28. The fourth-order valence-corrected chi connectivity index (χ4v) is 3.38. The lowest BCUT2D eigenvalue weighted by Gasteiger charge is -2.26. The molecule has 122 valence electrons. The van der Waals surface area contributed by atoms with E-state index < -0.39 is 6.10 Å². The maximum absolute atomic E-state index is 12.8. The van der Waals surface area contributed by atoms with Gasteiger partial charge in [-0.1, -0.05) is 23.7 Å². The Morgan fingerprint density at radius 1 is 1.43 bits per heavy atom. The Bertz CT molecular complexity index is 684. The minimum atomic E-state index is -0.698. The van der Waals surface area contributed by atoms with Gasteiger partial charge in [-0.05, 0) is 43.5 Å². The Balaban J connectivity index is 1.76. The van der Waals surface area contributed by atoms with Crippen LogP contribution in [-0.2, 0) is 0 Å². The van der Waals surface area contributed by atoms with Gasteiger partial charge in [0.2, 0.25) is 0 Å². The number of hydrogen-bond acceptors (Lipinski definition) is 3. The van der Waals surface area contributed by atoms with Crippen molar-refractivity contribution in [2.75, 3.05) is 6.54 Å². The van der Waals surface area contributed by atoms with Crippen molar-refractivity contribution in [1.29, 1.82) is 0 Å². The van der Waals surface area contributed by atoms with E-state index in [-0.39, 0.29) is 11.9 Å². The van der Waals surface area contributed by atoms with Crippen molar-refractivity contribution in [1.82, 2.24) is 4.90 Å². The highest BCUT2D eigenvalue weighted by molar-refractivity contribution is 6.34. The molecule has 2 aromatic rings. The van der Waals surface area contributed by atoms with E-state index >= 15 is 0 Å². The molecule has 0 aliphatic carbocycles. The van der Waals surface area contributed by atoms with E-state index in [1.807, 2.05) is 24.0 Å². The molecule has 1 amide bonds. The lowest BCUT2D eigenvalue weighted by atomic mass is 10.0. The maximum atomic E-state index is 12.8. The Kier molecular flexibility index (Phi) is 4.74. The summed E-state index contributed by atoms with van der Waals surface area (Å²) in [6.45, 7) is 2.58. The van der Waals surface area contributed by atoms with E-state index in [1.165, 1.54) is 0 Å². The standard InChI is InChI=1S/C18H20ClNO3/c1-12-5-2-7-14(17(12)19)18(22)20-9-3-6-13(20)11-15(21)16-8-4-10-23-16/h2,4-5,7-8,10,13,15,21H,3,6,9,11H2,1H3. The molecule has 1 aromatic heterocycles. The number of benzene rings is 1. The van der Waals surface area contributed by atoms with Gasteiger partial charge in [-0.25, -0.2) is 0 Å². The number of likely N-dealkylation sites (tertiary alicyclic amines) is 1. The minimum absolute atomic E-state index is 0.000760. The maximum Gasteiger partial charge on any atom is 0.255 e. The van der Waals surface area contributed by atoms with Crippen LogP contribution in [0.25, 0.3) is 0 Å². The Morgan fingerprint density at radius 3 is 3.00 bits per heavy atom. The van der Waals surface area contributed by atoms with Crippen LogP contribution in [0.3, 0.4) is 0 Å². The molecule has 1 aromatic carbocycles. The van der Waals surface area contributed by atoms with Gasteiger partial charge in [0, 0.05) is 19.0 Å². The Hall–Kier alpha value is -1.78. The van der Waals surface area contributed by atoms with Crippen LogP contribution in [-0.4, -0.2) is 28.5 Å². The van der Waals surface area contributed by atoms with E-state index in [9.17, 15) is 9.90 Å². The molecule has 1 N–H and O–H groups in total. The SMILES string of the molecule is Cc1cccc(C(=O)N2CCCC2CC(O)c2ccco2)c1Cl. The van der Waals surface area contributed by atoms with E-state index in [4.69, 9.17) is 16.0 Å². The number of hydrogen-bond donors (Lipinski definition) is 1. The predicted octanol–water partition coefficient (Wildman–Crippen LogP) is 3.97. The summed E-state index contributed by atoms with van der Waals surface area (Å²) in [5.41, 5.74) is 1.43. The zero-order valence-corrected chi connectivity index (χ0v) is 13.8. The van der Waals surface area contributed by atoms with Gasteiger partial charge < -0.3 is 14.4 Å². The predicted molar refractivity (Wildman–Crippen MR) is 88.5 cm³/mol. The summed E-state index contributed by atoms with van der Waals surface area (Å²) >= 11 is 6.29. The van der Waals surface area contributed by atoms with Crippen LogP contribution in [0, 0.1) is 6.92 Å². The van der Waals surface area contributed by atoms with Crippen LogP contribution in [0.1, 0.15) is 47.0 Å². The van der Waals surface area contributed by atoms with Crippen molar-refractivity contribution in [3.63, 3.8) is 0 Å². The van der Waals surface area contributed by atoms with Crippen molar-refractivity contribution in [2.24, 2.45) is 0 Å². The molecule has 1 aliphatic heterocycles. The number of halogens is 1. The van der Waals surface area contributed by atoms with Crippen LogP contribution < -0.4 is 0 Å². The molecule has 5 heteroatoms. The molecule has 1 fully saturated rings. The lowest BCUT2D eigenvalue weighted by Crippen LogP contribution is -2.36. The van der Waals surface area contributed by atoms with Gasteiger partial charge >= 0.3 is 0 Å². The molecule has 0 saturated carbocycles. The van der Waals surface area contributed by atoms with Crippen molar-refractivity contribution < 1.29 is 14.3 Å². The molecule has 2 heterocycles. The number of nitrogens with zero attached hydrogens (tertiary/aromatic N) is 1. The minimum Gasteiger partial charge on any atom is -0.467 e. The van der Waals surface area contributed by atoms with E-state index in [0.29, 0.717) is 29.3 Å². The molecule has 23 heavy (non-hydrogen) atoms. The van der Waals surface area contributed by atoms with Gasteiger partial charge in [0.05, 0.1) is 16.8 Å². The number of aliphatic hydroxyl groups excluding tert-OH is 1. The van der Waals surface area contributed by atoms with Gasteiger partial charge in [-0.3, -0.25) is 4.79 Å². The largest absolute Gasteiger partial charge is 0.467 e. The van der Waals surface area contributed by atoms with E-state index in [2.05, 4.69) is 0 Å². The molecule has 1 aliphatic rings. The second-order valence-electron chi connectivity index (χ2n) is 6.00. The molecule has 2 unspecified atom stereocenters. The monoisotopic (exact) mass is 333 g/mol. The van der Waals surface area contributed by atoms with Crippen molar-refractivity contribution >= 4 is 17.5 Å². The molecular formula is C18H20ClNO3. The lowest BCUT2D eigenvalue weighted by molar-refractivity contribution is 0.0641. The highest BCUT2D eigenvalue weighted by Crippen LogP contribution is 2.30. The Labute approximate surface area is 140 Å². The number of aryl methyl sites for hydroxylation is 1. The van der Waals surface area contributed by atoms with E-state index in [0.717, 1.165) is 18.4 Å². The summed E-state index contributed by atoms with van der Waals surface area (Å²) in [6, 6.07) is 9.00. The van der Waals surface area contributed by atoms with Crippen molar-refractivity contribution in [2.45, 2.75) is 38.3 Å². The number of rotatable bonds is 4.